The average molecular weight is 420 g/mol. The van der Waals surface area contributed by atoms with Gasteiger partial charge < -0.3 is 4.90 Å². The van der Waals surface area contributed by atoms with E-state index in [2.05, 4.69) is 90.0 Å². The fourth-order valence-corrected chi connectivity index (χ4v) is 8.29. The van der Waals surface area contributed by atoms with Crippen LogP contribution in [0.25, 0.3) is 0 Å². The monoisotopic (exact) mass is 419 g/mol. The summed E-state index contributed by atoms with van der Waals surface area (Å²) >= 11 is 0. The van der Waals surface area contributed by atoms with Gasteiger partial charge in [-0.15, -0.1) is 46.1 Å². The highest BCUT2D eigenvalue weighted by Crippen LogP contribution is 2.24. The molecule has 0 saturated heterocycles. The Balaban J connectivity index is 3.90. The summed E-state index contributed by atoms with van der Waals surface area (Å²) in [6.07, 6.45) is 11.6. The van der Waals surface area contributed by atoms with Crippen LogP contribution in [0, 0.1) is 0 Å². The van der Waals surface area contributed by atoms with Crippen LogP contribution < -0.4 is 10.1 Å². The first-order valence-electron chi connectivity index (χ1n) is 10.2. The van der Waals surface area contributed by atoms with Gasteiger partial charge in [-0.3, -0.25) is 9.13 Å². The second kappa shape index (κ2) is 13.5. The van der Waals surface area contributed by atoms with Gasteiger partial charge in [0.15, 0.2) is 0 Å². The van der Waals surface area contributed by atoms with Crippen molar-refractivity contribution in [3.05, 3.63) is 112 Å². The highest BCUT2D eigenvalue weighted by molar-refractivity contribution is 6.92. The van der Waals surface area contributed by atoms with E-state index >= 15 is 0 Å². The number of hydrogen-bond acceptors (Lipinski definition) is 3. The maximum Gasteiger partial charge on any atom is 0.268 e. The molecule has 0 heterocycles. The predicted octanol–water partition coefficient (Wildman–Crippen LogP) is 4.59. The van der Waals surface area contributed by atoms with E-state index in [1.54, 1.807) is 0 Å². The van der Waals surface area contributed by atoms with E-state index in [1.807, 2.05) is 36.5 Å². The lowest BCUT2D eigenvalue weighted by Gasteiger charge is -2.47. The molecule has 160 valence electrons. The Hall–Kier alpha value is -2.66. The zero-order valence-electron chi connectivity index (χ0n) is 18.4. The summed E-state index contributed by atoms with van der Waals surface area (Å²) in [5.41, 5.74) is 3.31. The Morgan fingerprint density at radius 3 is 1.37 bits per heavy atom. The quantitative estimate of drug-likeness (QED) is 0.270. The smallest absolute Gasteiger partial charge is 0.268 e. The van der Waals surface area contributed by atoms with Gasteiger partial charge in [0, 0.05) is 45.0 Å². The fourth-order valence-electron chi connectivity index (χ4n) is 3.88. The molecule has 0 aromatic heterocycles. The van der Waals surface area contributed by atoms with Crippen molar-refractivity contribution in [1.82, 2.24) is 9.13 Å². The van der Waals surface area contributed by atoms with Crippen LogP contribution in [0.5, 0.6) is 0 Å². The SMILES string of the molecule is C=CCN(CC=C)c1ccccc1[Si](C=C)(N(CC=C)CC=C)N(CC=C)CC=C. The van der Waals surface area contributed by atoms with Gasteiger partial charge in [0.25, 0.3) is 8.40 Å². The third-order valence-corrected chi connectivity index (χ3v) is 9.43. The first-order chi connectivity index (χ1) is 14.6. The van der Waals surface area contributed by atoms with Crippen LogP contribution in [-0.2, 0) is 0 Å². The summed E-state index contributed by atoms with van der Waals surface area (Å²) in [6, 6.07) is 8.58. The molecule has 0 aliphatic rings. The van der Waals surface area contributed by atoms with Gasteiger partial charge in [0.1, 0.15) is 0 Å². The molecule has 1 aromatic rings. The van der Waals surface area contributed by atoms with Gasteiger partial charge in [-0.2, -0.15) is 0 Å². The summed E-state index contributed by atoms with van der Waals surface area (Å²) < 4.78 is 4.90. The summed E-state index contributed by atoms with van der Waals surface area (Å²) in [6.45, 7) is 32.7. The van der Waals surface area contributed by atoms with Crippen LogP contribution in [0.2, 0.25) is 0 Å². The largest absolute Gasteiger partial charge is 0.364 e. The molecule has 0 aliphatic carbocycles. The van der Waals surface area contributed by atoms with Gasteiger partial charge in [0.2, 0.25) is 0 Å². The Kier molecular flexibility index (Phi) is 11.5. The predicted molar refractivity (Wildman–Crippen MR) is 139 cm³/mol. The molecule has 0 saturated carbocycles. The molecule has 4 heteroatoms. The molecule has 1 rings (SSSR count). The molecular weight excluding hydrogens is 382 g/mol. The molecule has 1 aromatic carbocycles. The molecular formula is C26H37N3Si. The van der Waals surface area contributed by atoms with Gasteiger partial charge in [0.05, 0.1) is 0 Å². The van der Waals surface area contributed by atoms with E-state index < -0.39 is 8.40 Å². The van der Waals surface area contributed by atoms with Crippen molar-refractivity contribution in [2.24, 2.45) is 0 Å². The number of rotatable bonds is 17. The molecule has 0 unspecified atom stereocenters. The molecule has 0 amide bonds. The molecule has 0 fully saturated rings. The second-order valence-electron chi connectivity index (χ2n) is 6.89. The third kappa shape index (κ3) is 5.69. The van der Waals surface area contributed by atoms with E-state index in [1.165, 1.54) is 10.9 Å². The summed E-state index contributed by atoms with van der Waals surface area (Å²) in [5, 5.41) is 1.26. The van der Waals surface area contributed by atoms with Gasteiger partial charge in [-0.05, 0) is 11.3 Å². The molecule has 0 radical (unpaired) electrons. The van der Waals surface area contributed by atoms with Crippen molar-refractivity contribution >= 4 is 19.3 Å². The topological polar surface area (TPSA) is 9.72 Å². The minimum atomic E-state index is -2.62. The standard InChI is InChI=1S/C26H37N3Si/c1-8-19-27(20-9-2)25-17-15-16-18-26(25)30(14-7,28(21-10-3)22-11-4)29(23-12-5)24-13-6/h8-18H,1-7,19-24H2. The van der Waals surface area contributed by atoms with Crippen molar-refractivity contribution < 1.29 is 0 Å². The van der Waals surface area contributed by atoms with E-state index in [4.69, 9.17) is 0 Å². The summed E-state index contributed by atoms with van der Waals surface area (Å²) in [4.78, 5) is 2.29. The number of anilines is 1. The van der Waals surface area contributed by atoms with Crippen LogP contribution in [0.15, 0.2) is 112 Å². The Labute approximate surface area is 185 Å². The summed E-state index contributed by atoms with van der Waals surface area (Å²) in [5.74, 6) is 0. The van der Waals surface area contributed by atoms with Gasteiger partial charge in [-0.25, -0.2) is 0 Å². The molecule has 3 nitrogen and oxygen atoms in total. The van der Waals surface area contributed by atoms with Crippen molar-refractivity contribution in [2.75, 3.05) is 44.2 Å². The fraction of sp³-hybridized carbons (Fsp3) is 0.231. The van der Waals surface area contributed by atoms with Crippen molar-refractivity contribution in [3.63, 3.8) is 0 Å². The Bertz CT molecular complexity index is 698. The van der Waals surface area contributed by atoms with E-state index in [0.29, 0.717) is 0 Å². The molecule has 0 N–H and O–H groups in total. The maximum atomic E-state index is 4.36. The van der Waals surface area contributed by atoms with Crippen molar-refractivity contribution in [2.45, 2.75) is 0 Å². The second-order valence-corrected chi connectivity index (χ2v) is 10.6. The van der Waals surface area contributed by atoms with Crippen LogP contribution in [-0.4, -0.2) is 56.8 Å². The Morgan fingerprint density at radius 1 is 0.600 bits per heavy atom. The molecule has 0 spiro atoms. The first kappa shape index (κ1) is 25.4. The average Bonchev–Trinajstić information content (AvgIpc) is 2.75. The highest BCUT2D eigenvalue weighted by Gasteiger charge is 2.45. The zero-order chi connectivity index (χ0) is 22.4. The normalized spacial score (nSPS) is 11.0. The lowest BCUT2D eigenvalue weighted by Crippen LogP contribution is -2.72. The van der Waals surface area contributed by atoms with Crippen LogP contribution in [0.3, 0.4) is 0 Å². The van der Waals surface area contributed by atoms with Crippen LogP contribution >= 0.6 is 0 Å². The van der Waals surface area contributed by atoms with E-state index in [-0.39, 0.29) is 0 Å². The number of nitrogens with zero attached hydrogens (tertiary/aromatic N) is 3. The van der Waals surface area contributed by atoms with Crippen molar-refractivity contribution in [3.8, 4) is 0 Å². The van der Waals surface area contributed by atoms with Crippen molar-refractivity contribution in [1.29, 1.82) is 0 Å². The minimum absolute atomic E-state index is 0.728. The summed E-state index contributed by atoms with van der Waals surface area (Å²) in [7, 11) is -2.62. The zero-order valence-corrected chi connectivity index (χ0v) is 19.4. The molecule has 30 heavy (non-hydrogen) atoms. The maximum absolute atomic E-state index is 4.36. The highest BCUT2D eigenvalue weighted by atomic mass is 28.3. The molecule has 0 bridgehead atoms. The lowest BCUT2D eigenvalue weighted by atomic mass is 10.2. The lowest BCUT2D eigenvalue weighted by molar-refractivity contribution is 0.413. The third-order valence-electron chi connectivity index (χ3n) is 4.99. The van der Waals surface area contributed by atoms with E-state index in [9.17, 15) is 0 Å². The molecule has 0 aliphatic heterocycles. The number of para-hydroxylation sites is 1. The van der Waals surface area contributed by atoms with Crippen LogP contribution in [0.4, 0.5) is 5.69 Å². The number of hydrogen-bond donors (Lipinski definition) is 0. The number of benzene rings is 1. The van der Waals surface area contributed by atoms with E-state index in [0.717, 1.165) is 39.3 Å². The van der Waals surface area contributed by atoms with Crippen LogP contribution in [0.1, 0.15) is 0 Å². The molecule has 0 atom stereocenters. The first-order valence-corrected chi connectivity index (χ1v) is 12.2. The van der Waals surface area contributed by atoms with Gasteiger partial charge >= 0.3 is 0 Å². The Morgan fingerprint density at radius 2 is 1.00 bits per heavy atom. The van der Waals surface area contributed by atoms with Gasteiger partial charge in [-0.1, -0.05) is 60.4 Å². The minimum Gasteiger partial charge on any atom is -0.364 e.